The minimum absolute atomic E-state index is 0.0813. The Balaban J connectivity index is 1.58. The number of hydrogen-bond donors (Lipinski definition) is 2. The van der Waals surface area contributed by atoms with Crippen LogP contribution in [0.4, 0.5) is 11.4 Å². The van der Waals surface area contributed by atoms with Crippen molar-refractivity contribution in [2.24, 2.45) is 5.92 Å². The van der Waals surface area contributed by atoms with Crippen LogP contribution in [0.1, 0.15) is 56.0 Å². The molecule has 0 atom stereocenters. The molecule has 0 radical (unpaired) electrons. The molecule has 162 valence electrons. The lowest BCUT2D eigenvalue weighted by atomic mass is 9.87. The number of anilines is 2. The number of furan rings is 1. The topological polar surface area (TPSA) is 80.6 Å². The highest BCUT2D eigenvalue weighted by atomic mass is 16.5. The average Bonchev–Trinajstić information content (AvgIpc) is 3.14. The summed E-state index contributed by atoms with van der Waals surface area (Å²) in [5, 5.41) is 6.53. The van der Waals surface area contributed by atoms with Crippen molar-refractivity contribution < 1.29 is 18.7 Å². The Morgan fingerprint density at radius 2 is 1.74 bits per heavy atom. The van der Waals surface area contributed by atoms with Gasteiger partial charge in [-0.25, -0.2) is 0 Å². The van der Waals surface area contributed by atoms with Crippen molar-refractivity contribution in [3.8, 4) is 5.75 Å². The van der Waals surface area contributed by atoms with Crippen molar-refractivity contribution in [3.63, 3.8) is 0 Å². The number of para-hydroxylation sites is 3. The fourth-order valence-electron chi connectivity index (χ4n) is 4.20. The number of benzene rings is 2. The van der Waals surface area contributed by atoms with Gasteiger partial charge in [-0.2, -0.15) is 0 Å². The van der Waals surface area contributed by atoms with E-state index in [0.717, 1.165) is 12.8 Å². The smallest absolute Gasteiger partial charge is 0.293 e. The van der Waals surface area contributed by atoms with E-state index in [9.17, 15) is 9.59 Å². The van der Waals surface area contributed by atoms with E-state index in [1.807, 2.05) is 37.3 Å². The molecule has 2 N–H and O–H groups in total. The molecule has 1 saturated carbocycles. The predicted molar refractivity (Wildman–Crippen MR) is 122 cm³/mol. The zero-order valence-corrected chi connectivity index (χ0v) is 17.8. The highest BCUT2D eigenvalue weighted by Gasteiger charge is 2.24. The average molecular weight is 421 g/mol. The molecule has 1 fully saturated rings. The minimum atomic E-state index is -0.434. The van der Waals surface area contributed by atoms with Gasteiger partial charge < -0.3 is 19.8 Å². The molecule has 0 aliphatic heterocycles. The number of ether oxygens (including phenoxy) is 1. The summed E-state index contributed by atoms with van der Waals surface area (Å²) in [7, 11) is 0. The second-order valence-corrected chi connectivity index (χ2v) is 7.94. The maximum absolute atomic E-state index is 13.1. The molecular weight excluding hydrogens is 392 g/mol. The van der Waals surface area contributed by atoms with Crippen molar-refractivity contribution >= 4 is 34.2 Å². The summed E-state index contributed by atoms with van der Waals surface area (Å²) in [5.74, 6) is 0.558. The summed E-state index contributed by atoms with van der Waals surface area (Å²) in [4.78, 5) is 25.9. The maximum atomic E-state index is 13.1. The molecule has 1 aromatic heterocycles. The van der Waals surface area contributed by atoms with Crippen LogP contribution >= 0.6 is 0 Å². The number of amides is 2. The van der Waals surface area contributed by atoms with E-state index in [0.29, 0.717) is 47.0 Å². The maximum Gasteiger partial charge on any atom is 0.293 e. The first-order valence-electron chi connectivity index (χ1n) is 11.0. The number of hydrogen-bond acceptors (Lipinski definition) is 4. The fourth-order valence-corrected chi connectivity index (χ4v) is 4.20. The van der Waals surface area contributed by atoms with Crippen molar-refractivity contribution in [1.82, 2.24) is 0 Å². The van der Waals surface area contributed by atoms with Crippen molar-refractivity contribution in [3.05, 3.63) is 54.3 Å². The molecule has 1 aliphatic rings. The molecule has 1 aliphatic carbocycles. The lowest BCUT2D eigenvalue weighted by Gasteiger charge is -2.20. The van der Waals surface area contributed by atoms with E-state index in [4.69, 9.17) is 9.15 Å². The van der Waals surface area contributed by atoms with Crippen LogP contribution in [-0.4, -0.2) is 18.4 Å². The zero-order chi connectivity index (χ0) is 21.6. The number of rotatable bonds is 7. The summed E-state index contributed by atoms with van der Waals surface area (Å²) in [6.45, 7) is 2.37. The second-order valence-electron chi connectivity index (χ2n) is 7.94. The van der Waals surface area contributed by atoms with Crippen LogP contribution in [0.15, 0.2) is 52.9 Å². The highest BCUT2D eigenvalue weighted by molar-refractivity contribution is 6.14. The van der Waals surface area contributed by atoms with Gasteiger partial charge in [0.25, 0.3) is 5.91 Å². The van der Waals surface area contributed by atoms with Crippen molar-refractivity contribution in [2.75, 3.05) is 17.2 Å². The Bertz CT molecular complexity index is 1070. The quantitative estimate of drug-likeness (QED) is 0.492. The van der Waals surface area contributed by atoms with Crippen LogP contribution in [0, 0.1) is 5.92 Å². The third kappa shape index (κ3) is 4.90. The van der Waals surface area contributed by atoms with E-state index < -0.39 is 5.91 Å². The van der Waals surface area contributed by atoms with E-state index in [2.05, 4.69) is 10.6 Å². The third-order valence-corrected chi connectivity index (χ3v) is 5.70. The van der Waals surface area contributed by atoms with Crippen LogP contribution in [-0.2, 0) is 4.79 Å². The van der Waals surface area contributed by atoms with Gasteiger partial charge in [-0.15, -0.1) is 0 Å². The van der Waals surface area contributed by atoms with Crippen LogP contribution in [0.3, 0.4) is 0 Å². The molecular formula is C25H28N2O4. The largest absolute Gasteiger partial charge is 0.492 e. The third-order valence-electron chi connectivity index (χ3n) is 5.70. The first-order valence-corrected chi connectivity index (χ1v) is 11.0. The summed E-state index contributed by atoms with van der Waals surface area (Å²) in [5.41, 5.74) is 1.52. The van der Waals surface area contributed by atoms with Crippen LogP contribution in [0.2, 0.25) is 0 Å². The second kappa shape index (κ2) is 9.69. The molecule has 0 unspecified atom stereocenters. The Hall–Kier alpha value is -3.28. The Kier molecular flexibility index (Phi) is 6.55. The van der Waals surface area contributed by atoms with Gasteiger partial charge in [0, 0.05) is 11.8 Å². The summed E-state index contributed by atoms with van der Waals surface area (Å²) >= 11 is 0. The van der Waals surface area contributed by atoms with Gasteiger partial charge in [0.15, 0.2) is 0 Å². The van der Waals surface area contributed by atoms with E-state index in [-0.39, 0.29) is 11.7 Å². The molecule has 6 nitrogen and oxygen atoms in total. The van der Waals surface area contributed by atoms with Gasteiger partial charge in [-0.05, 0) is 49.9 Å². The summed E-state index contributed by atoms with van der Waals surface area (Å²) < 4.78 is 11.5. The van der Waals surface area contributed by atoms with Gasteiger partial charge in [0.2, 0.25) is 11.7 Å². The fraction of sp³-hybridized carbons (Fsp3) is 0.360. The Morgan fingerprint density at radius 3 is 2.55 bits per heavy atom. The number of fused-ring (bicyclic) bond motifs is 1. The molecule has 31 heavy (non-hydrogen) atoms. The molecule has 4 rings (SSSR count). The SMILES string of the molecule is CCOc1ccccc1NC(=O)c1oc2ccccc2c1NC(=O)CC1CCCCC1. The van der Waals surface area contributed by atoms with E-state index in [1.54, 1.807) is 18.2 Å². The number of carbonyl (C=O) groups excluding carboxylic acids is 2. The lowest BCUT2D eigenvalue weighted by molar-refractivity contribution is -0.117. The Morgan fingerprint density at radius 1 is 1.00 bits per heavy atom. The summed E-state index contributed by atoms with van der Waals surface area (Å²) in [6.07, 6.45) is 6.24. The number of nitrogens with one attached hydrogen (secondary N) is 2. The predicted octanol–water partition coefficient (Wildman–Crippen LogP) is 5.99. The first-order chi connectivity index (χ1) is 15.2. The van der Waals surface area contributed by atoms with Crippen molar-refractivity contribution in [2.45, 2.75) is 45.4 Å². The lowest BCUT2D eigenvalue weighted by Crippen LogP contribution is -2.20. The van der Waals surface area contributed by atoms with Crippen LogP contribution in [0.25, 0.3) is 11.0 Å². The first kappa shape index (κ1) is 21.0. The molecule has 2 aromatic carbocycles. The molecule has 3 aromatic rings. The molecule has 0 saturated heterocycles. The molecule has 6 heteroatoms. The highest BCUT2D eigenvalue weighted by Crippen LogP contribution is 2.33. The van der Waals surface area contributed by atoms with E-state index >= 15 is 0 Å². The van der Waals surface area contributed by atoms with Gasteiger partial charge in [0.05, 0.1) is 12.3 Å². The zero-order valence-electron chi connectivity index (χ0n) is 17.8. The van der Waals surface area contributed by atoms with Crippen LogP contribution in [0.5, 0.6) is 5.75 Å². The van der Waals surface area contributed by atoms with Gasteiger partial charge >= 0.3 is 0 Å². The van der Waals surface area contributed by atoms with Crippen molar-refractivity contribution in [1.29, 1.82) is 0 Å². The molecule has 0 spiro atoms. The van der Waals surface area contributed by atoms with Gasteiger partial charge in [-0.1, -0.05) is 43.5 Å². The minimum Gasteiger partial charge on any atom is -0.492 e. The normalized spacial score (nSPS) is 14.4. The monoisotopic (exact) mass is 420 g/mol. The molecule has 0 bridgehead atoms. The standard InChI is InChI=1S/C25H28N2O4/c1-2-30-21-15-9-7-13-19(21)26-25(29)24-23(18-12-6-8-14-20(18)31-24)27-22(28)16-17-10-4-3-5-11-17/h6-9,12-15,17H,2-5,10-11,16H2,1H3,(H,26,29)(H,27,28). The summed E-state index contributed by atoms with van der Waals surface area (Å²) in [6, 6.07) is 14.6. The number of carbonyl (C=O) groups is 2. The van der Waals surface area contributed by atoms with Gasteiger partial charge in [0.1, 0.15) is 17.0 Å². The van der Waals surface area contributed by atoms with Crippen LogP contribution < -0.4 is 15.4 Å². The van der Waals surface area contributed by atoms with Gasteiger partial charge in [-0.3, -0.25) is 9.59 Å². The molecule has 1 heterocycles. The van der Waals surface area contributed by atoms with E-state index in [1.165, 1.54) is 19.3 Å². The molecule has 2 amide bonds. The Labute approximate surface area is 182 Å².